The van der Waals surface area contributed by atoms with Crippen molar-refractivity contribution in [1.29, 1.82) is 5.26 Å². The maximum Gasteiger partial charge on any atom is 0.191 e. The van der Waals surface area contributed by atoms with Gasteiger partial charge in [0.2, 0.25) is 0 Å². The Hall–Kier alpha value is -1.40. The van der Waals surface area contributed by atoms with Crippen LogP contribution in [0, 0.1) is 23.1 Å². The van der Waals surface area contributed by atoms with E-state index in [0.29, 0.717) is 29.6 Å². The second-order valence-electron chi connectivity index (χ2n) is 5.59. The molecule has 1 aromatic carbocycles. The van der Waals surface area contributed by atoms with Crippen molar-refractivity contribution >= 4 is 29.9 Å². The molecule has 0 aromatic heterocycles. The number of guanidine groups is 1. The molecule has 24 heavy (non-hydrogen) atoms. The van der Waals surface area contributed by atoms with Crippen molar-refractivity contribution in [1.82, 2.24) is 10.6 Å². The normalized spacial score (nSPS) is 10.9. The van der Waals surface area contributed by atoms with Crippen LogP contribution in [0.15, 0.2) is 23.2 Å². The summed E-state index contributed by atoms with van der Waals surface area (Å²) in [6.45, 7) is 6.68. The van der Waals surface area contributed by atoms with Gasteiger partial charge in [-0.1, -0.05) is 13.8 Å². The van der Waals surface area contributed by atoms with Crippen LogP contribution < -0.4 is 10.6 Å². The van der Waals surface area contributed by atoms with Crippen LogP contribution in [-0.4, -0.2) is 32.8 Å². The second kappa shape index (κ2) is 13.0. The van der Waals surface area contributed by atoms with Gasteiger partial charge < -0.3 is 15.4 Å². The van der Waals surface area contributed by atoms with Crippen LogP contribution in [-0.2, 0) is 11.3 Å². The van der Waals surface area contributed by atoms with E-state index in [2.05, 4.69) is 29.5 Å². The topological polar surface area (TPSA) is 69.4 Å². The fourth-order valence-electron chi connectivity index (χ4n) is 1.88. The van der Waals surface area contributed by atoms with Crippen molar-refractivity contribution in [2.75, 3.05) is 26.8 Å². The highest BCUT2D eigenvalue weighted by atomic mass is 127. The predicted molar refractivity (Wildman–Crippen MR) is 105 cm³/mol. The number of nitrogens with zero attached hydrogens (tertiary/aromatic N) is 2. The molecular weight excluding hydrogens is 422 g/mol. The van der Waals surface area contributed by atoms with E-state index in [4.69, 9.17) is 10.00 Å². The Morgan fingerprint density at radius 2 is 2.12 bits per heavy atom. The van der Waals surface area contributed by atoms with Gasteiger partial charge in [0.1, 0.15) is 5.82 Å². The average molecular weight is 448 g/mol. The number of rotatable bonds is 8. The Morgan fingerprint density at radius 1 is 1.38 bits per heavy atom. The molecule has 0 fully saturated rings. The number of hydrogen-bond acceptors (Lipinski definition) is 3. The third kappa shape index (κ3) is 9.03. The Bertz CT molecular complexity index is 558. The maximum atomic E-state index is 13.7. The lowest BCUT2D eigenvalue weighted by molar-refractivity contribution is 0.108. The summed E-state index contributed by atoms with van der Waals surface area (Å²) >= 11 is 0. The summed E-state index contributed by atoms with van der Waals surface area (Å²) in [6, 6.07) is 6.31. The summed E-state index contributed by atoms with van der Waals surface area (Å²) in [5.41, 5.74) is 0.876. The Labute approximate surface area is 160 Å². The highest BCUT2D eigenvalue weighted by Gasteiger charge is 2.05. The van der Waals surface area contributed by atoms with Gasteiger partial charge in [-0.25, -0.2) is 4.39 Å². The molecule has 0 saturated carbocycles. The van der Waals surface area contributed by atoms with Gasteiger partial charge in [0, 0.05) is 38.9 Å². The van der Waals surface area contributed by atoms with Crippen LogP contribution in [0.25, 0.3) is 0 Å². The summed E-state index contributed by atoms with van der Waals surface area (Å²) in [5, 5.41) is 15.0. The largest absolute Gasteiger partial charge is 0.381 e. The summed E-state index contributed by atoms with van der Waals surface area (Å²) < 4.78 is 19.2. The monoisotopic (exact) mass is 448 g/mol. The molecule has 0 saturated heterocycles. The molecule has 0 unspecified atom stereocenters. The van der Waals surface area contributed by atoms with Crippen LogP contribution >= 0.6 is 24.0 Å². The molecule has 0 aliphatic carbocycles. The Balaban J connectivity index is 0.00000529. The first kappa shape index (κ1) is 22.6. The SMILES string of the molecule is CN=C(NCCCOCC(C)C)NCc1cc(C#N)ccc1F.I. The van der Waals surface area contributed by atoms with Gasteiger partial charge in [0.25, 0.3) is 0 Å². The predicted octanol–water partition coefficient (Wildman–Crippen LogP) is 3.04. The van der Waals surface area contributed by atoms with Gasteiger partial charge in [0.15, 0.2) is 5.96 Å². The second-order valence-corrected chi connectivity index (χ2v) is 5.59. The quantitative estimate of drug-likeness (QED) is 0.278. The molecule has 0 aliphatic heterocycles. The van der Waals surface area contributed by atoms with E-state index < -0.39 is 0 Å². The summed E-state index contributed by atoms with van der Waals surface area (Å²) in [6.07, 6.45) is 0.867. The Morgan fingerprint density at radius 3 is 2.75 bits per heavy atom. The third-order valence-corrected chi connectivity index (χ3v) is 3.05. The molecule has 0 heterocycles. The van der Waals surface area contributed by atoms with Crippen molar-refractivity contribution in [2.24, 2.45) is 10.9 Å². The number of benzene rings is 1. The number of ether oxygens (including phenoxy) is 1. The van der Waals surface area contributed by atoms with Crippen molar-refractivity contribution in [3.8, 4) is 6.07 Å². The van der Waals surface area contributed by atoms with Gasteiger partial charge in [0.05, 0.1) is 11.6 Å². The molecule has 0 amide bonds. The molecule has 0 atom stereocenters. The molecule has 7 heteroatoms. The van der Waals surface area contributed by atoms with Crippen LogP contribution in [0.3, 0.4) is 0 Å². The van der Waals surface area contributed by atoms with Crippen molar-refractivity contribution in [3.05, 3.63) is 35.1 Å². The highest BCUT2D eigenvalue weighted by molar-refractivity contribution is 14.0. The first-order valence-electron chi connectivity index (χ1n) is 7.77. The zero-order chi connectivity index (χ0) is 17.1. The molecule has 2 N–H and O–H groups in total. The van der Waals surface area contributed by atoms with Crippen LogP contribution in [0.1, 0.15) is 31.4 Å². The fraction of sp³-hybridized carbons (Fsp3) is 0.529. The van der Waals surface area contributed by atoms with E-state index in [0.717, 1.165) is 19.6 Å². The molecule has 0 aliphatic rings. The van der Waals surface area contributed by atoms with E-state index in [1.54, 1.807) is 7.05 Å². The van der Waals surface area contributed by atoms with Gasteiger partial charge in [-0.2, -0.15) is 5.26 Å². The maximum absolute atomic E-state index is 13.7. The van der Waals surface area contributed by atoms with Crippen molar-refractivity contribution in [3.63, 3.8) is 0 Å². The summed E-state index contributed by atoms with van der Waals surface area (Å²) in [5.74, 6) is 0.793. The van der Waals surface area contributed by atoms with E-state index in [9.17, 15) is 4.39 Å². The molecule has 1 rings (SSSR count). The van der Waals surface area contributed by atoms with Gasteiger partial charge >= 0.3 is 0 Å². The summed E-state index contributed by atoms with van der Waals surface area (Å²) in [7, 11) is 1.66. The molecule has 0 radical (unpaired) electrons. The van der Waals surface area contributed by atoms with Crippen LogP contribution in [0.5, 0.6) is 0 Å². The minimum atomic E-state index is -0.339. The number of nitriles is 1. The van der Waals surface area contributed by atoms with Gasteiger partial charge in [-0.15, -0.1) is 24.0 Å². The van der Waals surface area contributed by atoms with Crippen LogP contribution in [0.2, 0.25) is 0 Å². The van der Waals surface area contributed by atoms with Gasteiger partial charge in [-0.05, 0) is 30.5 Å². The number of nitrogens with one attached hydrogen (secondary N) is 2. The minimum absolute atomic E-state index is 0. The number of hydrogen-bond donors (Lipinski definition) is 2. The zero-order valence-electron chi connectivity index (χ0n) is 14.4. The highest BCUT2D eigenvalue weighted by Crippen LogP contribution is 2.09. The Kier molecular flexibility index (Phi) is 12.2. The van der Waals surface area contributed by atoms with E-state index in [1.165, 1.54) is 18.2 Å². The molecule has 134 valence electrons. The zero-order valence-corrected chi connectivity index (χ0v) is 16.8. The first-order chi connectivity index (χ1) is 11.1. The number of aliphatic imine (C=N–C) groups is 1. The lowest BCUT2D eigenvalue weighted by atomic mass is 10.1. The third-order valence-electron chi connectivity index (χ3n) is 3.05. The average Bonchev–Trinajstić information content (AvgIpc) is 2.54. The summed E-state index contributed by atoms with van der Waals surface area (Å²) in [4.78, 5) is 4.09. The fourth-order valence-corrected chi connectivity index (χ4v) is 1.88. The van der Waals surface area contributed by atoms with E-state index in [1.807, 2.05) is 6.07 Å². The smallest absolute Gasteiger partial charge is 0.191 e. The molecule has 1 aromatic rings. The molecule has 0 spiro atoms. The lowest BCUT2D eigenvalue weighted by Gasteiger charge is -2.13. The minimum Gasteiger partial charge on any atom is -0.381 e. The van der Waals surface area contributed by atoms with Crippen molar-refractivity contribution in [2.45, 2.75) is 26.8 Å². The standard InChI is InChI=1S/C17H25FN4O.HI/c1-13(2)12-23-8-4-7-21-17(20-3)22-11-15-9-14(10-19)5-6-16(15)18;/h5-6,9,13H,4,7-8,11-12H2,1-3H3,(H2,20,21,22);1H. The van der Waals surface area contributed by atoms with Gasteiger partial charge in [-0.3, -0.25) is 4.99 Å². The molecular formula is C17H26FIN4O. The van der Waals surface area contributed by atoms with Crippen LogP contribution in [0.4, 0.5) is 4.39 Å². The van der Waals surface area contributed by atoms with E-state index >= 15 is 0 Å². The van der Waals surface area contributed by atoms with Crippen molar-refractivity contribution < 1.29 is 9.13 Å². The molecule has 5 nitrogen and oxygen atoms in total. The van der Waals surface area contributed by atoms with E-state index in [-0.39, 0.29) is 36.3 Å². The number of halogens is 2. The molecule has 0 bridgehead atoms. The lowest BCUT2D eigenvalue weighted by Crippen LogP contribution is -2.37. The first-order valence-corrected chi connectivity index (χ1v) is 7.77.